The van der Waals surface area contributed by atoms with E-state index >= 15 is 0 Å². The maximum Gasteiger partial charge on any atom is 0.331 e. The number of nitrogens with one attached hydrogen (secondary N) is 1. The molecule has 108 valence electrons. The molecule has 1 aromatic carbocycles. The van der Waals surface area contributed by atoms with E-state index in [9.17, 15) is 9.90 Å². The Labute approximate surface area is 117 Å². The summed E-state index contributed by atoms with van der Waals surface area (Å²) in [6.45, 7) is 1.91. The number of hydrogen-bond donors (Lipinski definition) is 2. The van der Waals surface area contributed by atoms with Crippen molar-refractivity contribution in [3.05, 3.63) is 35.4 Å². The third-order valence-corrected chi connectivity index (χ3v) is 4.07. The molecule has 0 aliphatic carbocycles. The van der Waals surface area contributed by atoms with Crippen molar-refractivity contribution in [2.24, 2.45) is 0 Å². The molecule has 0 aromatic heterocycles. The first kappa shape index (κ1) is 13.5. The van der Waals surface area contributed by atoms with Crippen LogP contribution in [-0.2, 0) is 26.4 Å². The van der Waals surface area contributed by atoms with Crippen LogP contribution in [0.15, 0.2) is 24.3 Å². The standard InChI is InChI=1S/C15H19NO4/c17-14(18)15(16-8-12-5-3-7-20-12)10-19-9-11-4-1-2-6-13(11)15/h1-2,4,6,12,16H,3,5,7-10H2,(H,17,18). The Balaban J connectivity index is 1.86. The van der Waals surface area contributed by atoms with E-state index in [4.69, 9.17) is 9.47 Å². The van der Waals surface area contributed by atoms with E-state index in [1.165, 1.54) is 0 Å². The maximum atomic E-state index is 11.9. The molecule has 2 aliphatic rings. The summed E-state index contributed by atoms with van der Waals surface area (Å²) in [5, 5.41) is 12.9. The van der Waals surface area contributed by atoms with Gasteiger partial charge in [-0.25, -0.2) is 4.79 Å². The molecular weight excluding hydrogens is 258 g/mol. The first-order valence-corrected chi connectivity index (χ1v) is 6.98. The summed E-state index contributed by atoms with van der Waals surface area (Å²) in [6, 6.07) is 7.56. The lowest BCUT2D eigenvalue weighted by atomic mass is 9.85. The highest BCUT2D eigenvalue weighted by Gasteiger charge is 2.44. The molecule has 0 radical (unpaired) electrons. The number of ether oxygens (including phenoxy) is 2. The van der Waals surface area contributed by atoms with E-state index in [1.54, 1.807) is 0 Å². The van der Waals surface area contributed by atoms with Gasteiger partial charge < -0.3 is 14.6 Å². The number of hydrogen-bond acceptors (Lipinski definition) is 4. The third kappa shape index (κ3) is 2.32. The summed E-state index contributed by atoms with van der Waals surface area (Å²) in [6.07, 6.45) is 2.12. The van der Waals surface area contributed by atoms with Crippen molar-refractivity contribution in [3.63, 3.8) is 0 Å². The Morgan fingerprint density at radius 1 is 1.45 bits per heavy atom. The predicted molar refractivity (Wildman–Crippen MR) is 72.4 cm³/mol. The smallest absolute Gasteiger partial charge is 0.331 e. The van der Waals surface area contributed by atoms with Gasteiger partial charge in [-0.1, -0.05) is 24.3 Å². The highest BCUT2D eigenvalue weighted by Crippen LogP contribution is 2.31. The largest absolute Gasteiger partial charge is 0.480 e. The van der Waals surface area contributed by atoms with Crippen LogP contribution in [0.5, 0.6) is 0 Å². The molecule has 0 amide bonds. The Morgan fingerprint density at radius 2 is 2.30 bits per heavy atom. The van der Waals surface area contributed by atoms with E-state index in [1.807, 2.05) is 24.3 Å². The van der Waals surface area contributed by atoms with Gasteiger partial charge in [-0.3, -0.25) is 5.32 Å². The molecule has 2 aliphatic heterocycles. The van der Waals surface area contributed by atoms with Crippen molar-refractivity contribution >= 4 is 5.97 Å². The summed E-state index contributed by atoms with van der Waals surface area (Å²) in [5.74, 6) is -0.900. The molecular formula is C15H19NO4. The Bertz CT molecular complexity index is 498. The Kier molecular flexibility index (Phi) is 3.74. The van der Waals surface area contributed by atoms with Crippen LogP contribution in [0.4, 0.5) is 0 Å². The van der Waals surface area contributed by atoms with Crippen LogP contribution in [0, 0.1) is 0 Å². The minimum absolute atomic E-state index is 0.0975. The van der Waals surface area contributed by atoms with Gasteiger partial charge in [-0.05, 0) is 24.0 Å². The summed E-state index contributed by atoms with van der Waals surface area (Å²) in [4.78, 5) is 11.9. The topological polar surface area (TPSA) is 67.8 Å². The fourth-order valence-corrected chi connectivity index (χ4v) is 2.95. The van der Waals surface area contributed by atoms with Gasteiger partial charge in [0.1, 0.15) is 0 Å². The van der Waals surface area contributed by atoms with Crippen molar-refractivity contribution in [1.82, 2.24) is 5.32 Å². The number of rotatable bonds is 4. The molecule has 1 aromatic rings. The van der Waals surface area contributed by atoms with Crippen LogP contribution in [0.3, 0.4) is 0 Å². The SMILES string of the molecule is O=C(O)C1(NCC2CCCO2)COCc2ccccc21. The van der Waals surface area contributed by atoms with E-state index in [0.29, 0.717) is 13.2 Å². The molecule has 5 heteroatoms. The van der Waals surface area contributed by atoms with Gasteiger partial charge in [0, 0.05) is 13.2 Å². The molecule has 1 saturated heterocycles. The average Bonchev–Trinajstić information content (AvgIpc) is 2.98. The number of carbonyl (C=O) groups is 1. The number of carboxylic acids is 1. The molecule has 0 saturated carbocycles. The van der Waals surface area contributed by atoms with Crippen molar-refractivity contribution in [2.45, 2.75) is 31.1 Å². The minimum atomic E-state index is -1.17. The van der Waals surface area contributed by atoms with E-state index in [0.717, 1.165) is 30.6 Å². The van der Waals surface area contributed by atoms with Crippen molar-refractivity contribution in [3.8, 4) is 0 Å². The van der Waals surface area contributed by atoms with Gasteiger partial charge in [-0.15, -0.1) is 0 Å². The molecule has 2 N–H and O–H groups in total. The zero-order valence-corrected chi connectivity index (χ0v) is 11.3. The van der Waals surface area contributed by atoms with Crippen LogP contribution < -0.4 is 5.32 Å². The first-order valence-electron chi connectivity index (χ1n) is 6.98. The van der Waals surface area contributed by atoms with Gasteiger partial charge in [0.2, 0.25) is 0 Å². The second-order valence-electron chi connectivity index (χ2n) is 5.38. The van der Waals surface area contributed by atoms with Crippen LogP contribution in [0.25, 0.3) is 0 Å². The van der Waals surface area contributed by atoms with E-state index < -0.39 is 11.5 Å². The summed E-state index contributed by atoms with van der Waals surface area (Å²) in [7, 11) is 0. The summed E-state index contributed by atoms with van der Waals surface area (Å²) < 4.78 is 11.1. The number of aliphatic carboxylic acids is 1. The van der Waals surface area contributed by atoms with Gasteiger partial charge in [0.25, 0.3) is 0 Å². The lowest BCUT2D eigenvalue weighted by molar-refractivity contribution is -0.150. The molecule has 0 spiro atoms. The van der Waals surface area contributed by atoms with Crippen LogP contribution in [0.1, 0.15) is 24.0 Å². The zero-order valence-electron chi connectivity index (χ0n) is 11.3. The maximum absolute atomic E-state index is 11.9. The van der Waals surface area contributed by atoms with Crippen molar-refractivity contribution in [2.75, 3.05) is 19.8 Å². The number of benzene rings is 1. The number of carboxylic acid groups (broad SMARTS) is 1. The van der Waals surface area contributed by atoms with Gasteiger partial charge in [-0.2, -0.15) is 0 Å². The summed E-state index contributed by atoms with van der Waals surface area (Å²) in [5.41, 5.74) is 0.568. The van der Waals surface area contributed by atoms with Crippen LogP contribution in [-0.4, -0.2) is 36.9 Å². The van der Waals surface area contributed by atoms with Crippen LogP contribution in [0.2, 0.25) is 0 Å². The highest BCUT2D eigenvalue weighted by atomic mass is 16.5. The highest BCUT2D eigenvalue weighted by molar-refractivity contribution is 5.82. The first-order chi connectivity index (χ1) is 9.72. The molecule has 0 bridgehead atoms. The van der Waals surface area contributed by atoms with Gasteiger partial charge >= 0.3 is 5.97 Å². The quantitative estimate of drug-likeness (QED) is 0.867. The van der Waals surface area contributed by atoms with Crippen molar-refractivity contribution in [1.29, 1.82) is 0 Å². The van der Waals surface area contributed by atoms with Crippen molar-refractivity contribution < 1.29 is 19.4 Å². The molecule has 5 nitrogen and oxygen atoms in total. The normalized spacial score (nSPS) is 29.1. The Hall–Kier alpha value is -1.43. The fraction of sp³-hybridized carbons (Fsp3) is 0.533. The monoisotopic (exact) mass is 277 g/mol. The van der Waals surface area contributed by atoms with E-state index in [-0.39, 0.29) is 12.7 Å². The number of fused-ring (bicyclic) bond motifs is 1. The molecule has 1 fully saturated rings. The van der Waals surface area contributed by atoms with E-state index in [2.05, 4.69) is 5.32 Å². The summed E-state index contributed by atoms with van der Waals surface area (Å²) >= 11 is 0. The minimum Gasteiger partial charge on any atom is -0.480 e. The fourth-order valence-electron chi connectivity index (χ4n) is 2.95. The lowest BCUT2D eigenvalue weighted by Gasteiger charge is -2.36. The van der Waals surface area contributed by atoms with Gasteiger partial charge in [0.05, 0.1) is 19.3 Å². The molecule has 2 heterocycles. The molecule has 2 atom stereocenters. The molecule has 2 unspecified atom stereocenters. The molecule has 3 rings (SSSR count). The molecule has 20 heavy (non-hydrogen) atoms. The van der Waals surface area contributed by atoms with Crippen LogP contribution >= 0.6 is 0 Å². The second-order valence-corrected chi connectivity index (χ2v) is 5.38. The average molecular weight is 277 g/mol. The second kappa shape index (κ2) is 5.52. The predicted octanol–water partition coefficient (Wildman–Crippen LogP) is 1.27. The Morgan fingerprint density at radius 3 is 3.05 bits per heavy atom. The van der Waals surface area contributed by atoms with Gasteiger partial charge in [0.15, 0.2) is 5.54 Å². The lowest BCUT2D eigenvalue weighted by Crippen LogP contribution is -2.56. The zero-order chi connectivity index (χ0) is 14.0. The third-order valence-electron chi connectivity index (χ3n) is 4.07.